The van der Waals surface area contributed by atoms with Crippen LogP contribution in [0.2, 0.25) is 10.0 Å². The maximum atomic E-state index is 13.6. The molecule has 1 heterocycles. The lowest BCUT2D eigenvalue weighted by Crippen LogP contribution is -2.31. The fraction of sp³-hybridized carbons (Fsp3) is 0.0690. The number of hydrogen-bond acceptors (Lipinski definition) is 4. The van der Waals surface area contributed by atoms with Crippen molar-refractivity contribution in [1.82, 2.24) is 0 Å². The SMILES string of the molecule is N#C/C(C(=O)Nc1cccc2ccccc12)=C1/SC(Cc2cccc(Cl)c2Cl)C(=O)N1c1ccccc1. The van der Waals surface area contributed by atoms with E-state index < -0.39 is 11.2 Å². The summed E-state index contributed by atoms with van der Waals surface area (Å²) < 4.78 is 0. The maximum Gasteiger partial charge on any atom is 0.269 e. The van der Waals surface area contributed by atoms with Crippen molar-refractivity contribution in [3.05, 3.63) is 117 Å². The average molecular weight is 544 g/mol. The summed E-state index contributed by atoms with van der Waals surface area (Å²) in [5, 5.41) is 15.2. The van der Waals surface area contributed by atoms with Gasteiger partial charge in [0.2, 0.25) is 5.91 Å². The third kappa shape index (κ3) is 4.94. The average Bonchev–Trinajstić information content (AvgIpc) is 3.23. The molecule has 1 fully saturated rings. The van der Waals surface area contributed by atoms with Gasteiger partial charge in [0.1, 0.15) is 16.7 Å². The zero-order valence-corrected chi connectivity index (χ0v) is 21.6. The second-order valence-corrected chi connectivity index (χ2v) is 10.3. The first kappa shape index (κ1) is 24.9. The Balaban J connectivity index is 1.54. The van der Waals surface area contributed by atoms with Crippen molar-refractivity contribution in [3.63, 3.8) is 0 Å². The number of thioether (sulfide) groups is 1. The van der Waals surface area contributed by atoms with E-state index in [0.717, 1.165) is 10.8 Å². The second kappa shape index (κ2) is 10.7. The Morgan fingerprint density at radius 3 is 2.43 bits per heavy atom. The van der Waals surface area contributed by atoms with Crippen LogP contribution in [0, 0.1) is 11.3 Å². The van der Waals surface area contributed by atoms with Gasteiger partial charge in [-0.1, -0.05) is 102 Å². The van der Waals surface area contributed by atoms with Crippen LogP contribution in [0.15, 0.2) is 102 Å². The van der Waals surface area contributed by atoms with E-state index in [1.54, 1.807) is 42.5 Å². The fourth-order valence-corrected chi connectivity index (χ4v) is 5.92. The molecule has 5 rings (SSSR count). The van der Waals surface area contributed by atoms with Gasteiger partial charge in [-0.3, -0.25) is 14.5 Å². The van der Waals surface area contributed by atoms with Crippen LogP contribution >= 0.6 is 35.0 Å². The van der Waals surface area contributed by atoms with Crippen molar-refractivity contribution in [2.75, 3.05) is 10.2 Å². The summed E-state index contributed by atoms with van der Waals surface area (Å²) in [5.41, 5.74) is 1.72. The Labute approximate surface area is 228 Å². The molecule has 1 aliphatic heterocycles. The smallest absolute Gasteiger partial charge is 0.269 e. The van der Waals surface area contributed by atoms with E-state index in [1.807, 2.05) is 54.6 Å². The van der Waals surface area contributed by atoms with Gasteiger partial charge >= 0.3 is 0 Å². The minimum absolute atomic E-state index is 0.144. The van der Waals surface area contributed by atoms with Gasteiger partial charge in [-0.25, -0.2) is 0 Å². The fourth-order valence-electron chi connectivity index (χ4n) is 4.22. The lowest BCUT2D eigenvalue weighted by molar-refractivity contribution is -0.117. The molecule has 4 aromatic rings. The third-order valence-corrected chi connectivity index (χ3v) is 8.12. The van der Waals surface area contributed by atoms with E-state index in [4.69, 9.17) is 23.2 Å². The molecule has 4 aromatic carbocycles. The number of para-hydroxylation sites is 1. The molecule has 37 heavy (non-hydrogen) atoms. The highest BCUT2D eigenvalue weighted by Crippen LogP contribution is 2.43. The molecule has 0 spiro atoms. The van der Waals surface area contributed by atoms with Gasteiger partial charge in [0.05, 0.1) is 15.3 Å². The predicted octanol–water partition coefficient (Wildman–Crippen LogP) is 7.21. The predicted molar refractivity (Wildman–Crippen MR) is 151 cm³/mol. The summed E-state index contributed by atoms with van der Waals surface area (Å²) in [6.07, 6.45) is 0.291. The largest absolute Gasteiger partial charge is 0.321 e. The topological polar surface area (TPSA) is 73.2 Å². The molecule has 2 amide bonds. The first-order valence-corrected chi connectivity index (χ1v) is 13.0. The minimum Gasteiger partial charge on any atom is -0.321 e. The highest BCUT2D eigenvalue weighted by atomic mass is 35.5. The molecule has 1 atom stereocenters. The normalized spacial score (nSPS) is 16.5. The van der Waals surface area contributed by atoms with Gasteiger partial charge in [-0.05, 0) is 41.6 Å². The van der Waals surface area contributed by atoms with Crippen molar-refractivity contribution in [3.8, 4) is 6.07 Å². The summed E-state index contributed by atoms with van der Waals surface area (Å²) in [6, 6.07) is 29.5. The number of hydrogen-bond donors (Lipinski definition) is 1. The Morgan fingerprint density at radius 1 is 0.946 bits per heavy atom. The van der Waals surface area contributed by atoms with Crippen molar-refractivity contribution < 1.29 is 9.59 Å². The number of fused-ring (bicyclic) bond motifs is 1. The number of carbonyl (C=O) groups is 2. The molecule has 0 radical (unpaired) electrons. The number of halogens is 2. The van der Waals surface area contributed by atoms with Gasteiger partial charge in [0, 0.05) is 16.8 Å². The quantitative estimate of drug-likeness (QED) is 0.213. The van der Waals surface area contributed by atoms with Crippen LogP contribution in [0.3, 0.4) is 0 Å². The number of nitrogens with zero attached hydrogens (tertiary/aromatic N) is 2. The van der Waals surface area contributed by atoms with Gasteiger partial charge in [0.15, 0.2) is 0 Å². The minimum atomic E-state index is -0.597. The number of carbonyl (C=O) groups excluding carboxylic acids is 2. The molecule has 1 unspecified atom stereocenters. The summed E-state index contributed by atoms with van der Waals surface area (Å²) >= 11 is 13.8. The number of nitrogens with one attached hydrogen (secondary N) is 1. The first-order chi connectivity index (χ1) is 18.0. The summed E-state index contributed by atoms with van der Waals surface area (Å²) in [4.78, 5) is 28.5. The molecule has 5 nitrogen and oxygen atoms in total. The zero-order chi connectivity index (χ0) is 25.9. The van der Waals surface area contributed by atoms with Gasteiger partial charge < -0.3 is 5.32 Å². The van der Waals surface area contributed by atoms with Crippen molar-refractivity contribution in [2.24, 2.45) is 0 Å². The Hall–Kier alpha value is -3.76. The summed E-state index contributed by atoms with van der Waals surface area (Å²) in [7, 11) is 0. The third-order valence-electron chi connectivity index (χ3n) is 5.99. The molecular formula is C29H19Cl2N3O2S. The molecule has 1 N–H and O–H groups in total. The van der Waals surface area contributed by atoms with Crippen molar-refractivity contribution in [2.45, 2.75) is 11.7 Å². The molecule has 0 aromatic heterocycles. The van der Waals surface area contributed by atoms with E-state index in [2.05, 4.69) is 5.32 Å². The number of anilines is 2. The van der Waals surface area contributed by atoms with Crippen LogP contribution in [-0.4, -0.2) is 17.1 Å². The molecule has 1 aliphatic rings. The number of benzene rings is 4. The van der Waals surface area contributed by atoms with Crippen LogP contribution in [0.25, 0.3) is 10.8 Å². The number of amides is 2. The molecule has 0 bridgehead atoms. The van der Waals surface area contributed by atoms with E-state index in [-0.39, 0.29) is 16.5 Å². The van der Waals surface area contributed by atoms with Crippen LogP contribution in [0.4, 0.5) is 11.4 Å². The van der Waals surface area contributed by atoms with E-state index in [1.165, 1.54) is 16.7 Å². The lowest BCUT2D eigenvalue weighted by Gasteiger charge is -2.19. The standard InChI is InChI=1S/C29H19Cl2N3O2S/c30-23-14-6-10-19(26(23)31)16-25-28(36)34(20-11-2-1-3-12-20)29(37-25)22(17-32)27(35)33-24-15-7-9-18-8-4-5-13-21(18)24/h1-15,25H,16H2,(H,33,35)/b29-22-. The maximum absolute atomic E-state index is 13.6. The highest BCUT2D eigenvalue weighted by molar-refractivity contribution is 8.05. The molecule has 1 saturated heterocycles. The van der Waals surface area contributed by atoms with E-state index >= 15 is 0 Å². The van der Waals surface area contributed by atoms with Crippen LogP contribution in [-0.2, 0) is 16.0 Å². The van der Waals surface area contributed by atoms with Crippen LogP contribution in [0.5, 0.6) is 0 Å². The van der Waals surface area contributed by atoms with Crippen LogP contribution < -0.4 is 10.2 Å². The van der Waals surface area contributed by atoms with Gasteiger partial charge in [-0.15, -0.1) is 0 Å². The Bertz CT molecular complexity index is 1590. The zero-order valence-electron chi connectivity index (χ0n) is 19.3. The van der Waals surface area contributed by atoms with Crippen molar-refractivity contribution in [1.29, 1.82) is 5.26 Å². The van der Waals surface area contributed by atoms with Crippen LogP contribution in [0.1, 0.15) is 5.56 Å². The van der Waals surface area contributed by atoms with Gasteiger partial charge in [0.25, 0.3) is 5.91 Å². The first-order valence-electron chi connectivity index (χ1n) is 11.4. The molecular weight excluding hydrogens is 525 g/mol. The second-order valence-electron chi connectivity index (χ2n) is 8.31. The monoisotopic (exact) mass is 543 g/mol. The molecule has 8 heteroatoms. The van der Waals surface area contributed by atoms with E-state index in [9.17, 15) is 14.9 Å². The lowest BCUT2D eigenvalue weighted by atomic mass is 10.1. The Kier molecular flexibility index (Phi) is 7.20. The molecule has 0 saturated carbocycles. The van der Waals surface area contributed by atoms with Gasteiger partial charge in [-0.2, -0.15) is 5.26 Å². The Morgan fingerprint density at radius 2 is 1.65 bits per heavy atom. The number of nitriles is 1. The summed E-state index contributed by atoms with van der Waals surface area (Å²) in [6.45, 7) is 0. The number of rotatable bonds is 5. The van der Waals surface area contributed by atoms with Crippen molar-refractivity contribution >= 4 is 68.9 Å². The molecule has 0 aliphatic carbocycles. The highest BCUT2D eigenvalue weighted by Gasteiger charge is 2.41. The molecule has 182 valence electrons. The summed E-state index contributed by atoms with van der Waals surface area (Å²) in [5.74, 6) is -0.829. The van der Waals surface area contributed by atoms with E-state index in [0.29, 0.717) is 33.4 Å².